The lowest BCUT2D eigenvalue weighted by atomic mass is 10.4. The van der Waals surface area contributed by atoms with E-state index in [0.29, 0.717) is 13.0 Å². The number of hydrogen-bond donors (Lipinski definition) is 1. The summed E-state index contributed by atoms with van der Waals surface area (Å²) in [5.41, 5.74) is 0. The van der Waals surface area contributed by atoms with Crippen LogP contribution in [0.15, 0.2) is 0 Å². The monoisotopic (exact) mass is 215 g/mol. The van der Waals surface area contributed by atoms with Gasteiger partial charge in [-0.2, -0.15) is 0 Å². The Morgan fingerprint density at radius 2 is 2.20 bits per heavy atom. The second-order valence-electron chi connectivity index (χ2n) is 3.95. The topological polar surface area (TPSA) is 47.6 Å². The Kier molecular flexibility index (Phi) is 6.36. The number of nitrogens with one attached hydrogen (secondary N) is 1. The Hall–Kier alpha value is -0.610. The fourth-order valence-corrected chi connectivity index (χ4v) is 1.25. The molecular formula is C11H21NO3. The van der Waals surface area contributed by atoms with Crippen LogP contribution in [0.4, 0.5) is 0 Å². The third kappa shape index (κ3) is 7.33. The molecule has 1 rings (SSSR count). The highest BCUT2D eigenvalue weighted by molar-refractivity contribution is 5.69. The molecule has 1 fully saturated rings. The Bertz CT molecular complexity index is 181. The number of rotatable bonds is 9. The Morgan fingerprint density at radius 1 is 1.40 bits per heavy atom. The average molecular weight is 215 g/mol. The standard InChI is InChI=1S/C11H21NO3/c1-14-11(13)5-7-12-6-2-8-15-9-10-3-4-10/h10,12H,2-9H2,1H3. The van der Waals surface area contributed by atoms with Crippen molar-refractivity contribution in [2.24, 2.45) is 5.92 Å². The fourth-order valence-electron chi connectivity index (χ4n) is 1.25. The van der Waals surface area contributed by atoms with Gasteiger partial charge in [0.15, 0.2) is 0 Å². The van der Waals surface area contributed by atoms with Gasteiger partial charge in [-0.25, -0.2) is 0 Å². The molecule has 0 aromatic rings. The molecule has 0 aromatic carbocycles. The van der Waals surface area contributed by atoms with Crippen LogP contribution < -0.4 is 5.32 Å². The van der Waals surface area contributed by atoms with Gasteiger partial charge in [-0.3, -0.25) is 4.79 Å². The Balaban J connectivity index is 1.70. The molecule has 0 aliphatic heterocycles. The molecule has 1 aliphatic rings. The summed E-state index contributed by atoms with van der Waals surface area (Å²) in [6.45, 7) is 3.35. The van der Waals surface area contributed by atoms with Crippen molar-refractivity contribution >= 4 is 5.97 Å². The van der Waals surface area contributed by atoms with E-state index in [0.717, 1.165) is 32.1 Å². The summed E-state index contributed by atoms with van der Waals surface area (Å²) in [4.78, 5) is 10.7. The minimum atomic E-state index is -0.160. The molecule has 0 unspecified atom stereocenters. The Morgan fingerprint density at radius 3 is 2.87 bits per heavy atom. The largest absolute Gasteiger partial charge is 0.469 e. The molecule has 4 heteroatoms. The smallest absolute Gasteiger partial charge is 0.306 e. The number of methoxy groups -OCH3 is 1. The number of esters is 1. The van der Waals surface area contributed by atoms with Crippen LogP contribution in [-0.2, 0) is 14.3 Å². The summed E-state index contributed by atoms with van der Waals surface area (Å²) >= 11 is 0. The van der Waals surface area contributed by atoms with Gasteiger partial charge in [-0.05, 0) is 31.7 Å². The lowest BCUT2D eigenvalue weighted by Crippen LogP contribution is -2.21. The maximum Gasteiger partial charge on any atom is 0.306 e. The van der Waals surface area contributed by atoms with E-state index in [1.165, 1.54) is 20.0 Å². The second kappa shape index (κ2) is 7.65. The molecule has 1 aliphatic carbocycles. The van der Waals surface area contributed by atoms with Crippen molar-refractivity contribution in [2.75, 3.05) is 33.4 Å². The minimum absolute atomic E-state index is 0.160. The zero-order chi connectivity index (χ0) is 10.9. The molecule has 4 nitrogen and oxygen atoms in total. The lowest BCUT2D eigenvalue weighted by molar-refractivity contribution is -0.140. The fraction of sp³-hybridized carbons (Fsp3) is 0.909. The van der Waals surface area contributed by atoms with Crippen LogP contribution in [0.5, 0.6) is 0 Å². The predicted molar refractivity (Wildman–Crippen MR) is 57.7 cm³/mol. The van der Waals surface area contributed by atoms with Gasteiger partial charge >= 0.3 is 5.97 Å². The molecule has 0 radical (unpaired) electrons. The molecule has 0 saturated heterocycles. The van der Waals surface area contributed by atoms with E-state index in [4.69, 9.17) is 4.74 Å². The molecule has 0 bridgehead atoms. The number of ether oxygens (including phenoxy) is 2. The van der Waals surface area contributed by atoms with Gasteiger partial charge in [-0.1, -0.05) is 0 Å². The summed E-state index contributed by atoms with van der Waals surface area (Å²) in [6, 6.07) is 0. The minimum Gasteiger partial charge on any atom is -0.469 e. The van der Waals surface area contributed by atoms with Gasteiger partial charge in [0.25, 0.3) is 0 Å². The van der Waals surface area contributed by atoms with E-state index in [1.807, 2.05) is 0 Å². The lowest BCUT2D eigenvalue weighted by Gasteiger charge is -2.04. The van der Waals surface area contributed by atoms with Gasteiger partial charge in [0.2, 0.25) is 0 Å². The third-order valence-corrected chi connectivity index (χ3v) is 2.43. The molecule has 15 heavy (non-hydrogen) atoms. The van der Waals surface area contributed by atoms with Crippen LogP contribution in [0.2, 0.25) is 0 Å². The van der Waals surface area contributed by atoms with Crippen molar-refractivity contribution < 1.29 is 14.3 Å². The average Bonchev–Trinajstić information content (AvgIpc) is 3.05. The molecule has 0 atom stereocenters. The maximum atomic E-state index is 10.7. The van der Waals surface area contributed by atoms with E-state index < -0.39 is 0 Å². The highest BCUT2D eigenvalue weighted by Crippen LogP contribution is 2.28. The summed E-state index contributed by atoms with van der Waals surface area (Å²) < 4.78 is 10.00. The first-order valence-corrected chi connectivity index (χ1v) is 5.68. The van der Waals surface area contributed by atoms with Crippen LogP contribution in [0.3, 0.4) is 0 Å². The van der Waals surface area contributed by atoms with Crippen LogP contribution in [-0.4, -0.2) is 39.4 Å². The van der Waals surface area contributed by atoms with Crippen molar-refractivity contribution in [3.05, 3.63) is 0 Å². The normalized spacial score (nSPS) is 15.3. The summed E-state index contributed by atoms with van der Waals surface area (Å²) in [5, 5.41) is 3.17. The molecule has 0 aromatic heterocycles. The predicted octanol–water partition coefficient (Wildman–Crippen LogP) is 0.956. The molecule has 88 valence electrons. The molecule has 0 amide bonds. The number of carbonyl (C=O) groups excluding carboxylic acids is 1. The van der Waals surface area contributed by atoms with Crippen molar-refractivity contribution in [3.8, 4) is 0 Å². The van der Waals surface area contributed by atoms with Crippen LogP contribution in [0.1, 0.15) is 25.7 Å². The van der Waals surface area contributed by atoms with Crippen molar-refractivity contribution in [1.82, 2.24) is 5.32 Å². The van der Waals surface area contributed by atoms with E-state index in [2.05, 4.69) is 10.1 Å². The number of hydrogen-bond acceptors (Lipinski definition) is 4. The highest BCUT2D eigenvalue weighted by Gasteiger charge is 2.20. The van der Waals surface area contributed by atoms with E-state index in [9.17, 15) is 4.79 Å². The Labute approximate surface area is 91.3 Å². The third-order valence-electron chi connectivity index (χ3n) is 2.43. The maximum absolute atomic E-state index is 10.7. The quantitative estimate of drug-likeness (QED) is 0.459. The summed E-state index contributed by atoms with van der Waals surface area (Å²) in [7, 11) is 1.41. The van der Waals surface area contributed by atoms with Crippen molar-refractivity contribution in [1.29, 1.82) is 0 Å². The van der Waals surface area contributed by atoms with Crippen LogP contribution in [0, 0.1) is 5.92 Å². The van der Waals surface area contributed by atoms with Gasteiger partial charge < -0.3 is 14.8 Å². The van der Waals surface area contributed by atoms with Gasteiger partial charge in [-0.15, -0.1) is 0 Å². The molecule has 0 heterocycles. The van der Waals surface area contributed by atoms with Crippen LogP contribution >= 0.6 is 0 Å². The van der Waals surface area contributed by atoms with Crippen molar-refractivity contribution in [2.45, 2.75) is 25.7 Å². The first-order valence-electron chi connectivity index (χ1n) is 5.68. The molecule has 1 N–H and O–H groups in total. The zero-order valence-corrected chi connectivity index (χ0v) is 9.46. The SMILES string of the molecule is COC(=O)CCNCCCOCC1CC1. The van der Waals surface area contributed by atoms with Crippen molar-refractivity contribution in [3.63, 3.8) is 0 Å². The van der Waals surface area contributed by atoms with Gasteiger partial charge in [0, 0.05) is 19.8 Å². The summed E-state index contributed by atoms with van der Waals surface area (Å²) in [6.07, 6.45) is 4.14. The molecule has 0 spiro atoms. The van der Waals surface area contributed by atoms with E-state index >= 15 is 0 Å². The number of carbonyl (C=O) groups is 1. The first kappa shape index (κ1) is 12.5. The van der Waals surface area contributed by atoms with Gasteiger partial charge in [0.1, 0.15) is 0 Å². The molecule has 1 saturated carbocycles. The zero-order valence-electron chi connectivity index (χ0n) is 9.46. The van der Waals surface area contributed by atoms with E-state index in [1.54, 1.807) is 0 Å². The first-order chi connectivity index (χ1) is 7.33. The summed E-state index contributed by atoms with van der Waals surface area (Å²) in [5.74, 6) is 0.685. The highest BCUT2D eigenvalue weighted by atomic mass is 16.5. The van der Waals surface area contributed by atoms with Crippen LogP contribution in [0.25, 0.3) is 0 Å². The van der Waals surface area contributed by atoms with Gasteiger partial charge in [0.05, 0.1) is 13.5 Å². The second-order valence-corrected chi connectivity index (χ2v) is 3.95. The molecular weight excluding hydrogens is 194 g/mol. The van der Waals surface area contributed by atoms with E-state index in [-0.39, 0.29) is 5.97 Å².